The highest BCUT2D eigenvalue weighted by atomic mass is 16.5. The van der Waals surface area contributed by atoms with Gasteiger partial charge in [0.25, 0.3) is 0 Å². The number of likely N-dealkylation sites (tertiary alicyclic amines) is 1. The lowest BCUT2D eigenvalue weighted by molar-refractivity contribution is -0.0564. The molecule has 0 spiro atoms. The lowest BCUT2D eigenvalue weighted by atomic mass is 9.96. The van der Waals surface area contributed by atoms with Gasteiger partial charge in [0.05, 0.1) is 12.7 Å². The zero-order chi connectivity index (χ0) is 13.1. The van der Waals surface area contributed by atoms with Crippen molar-refractivity contribution in [2.24, 2.45) is 11.7 Å². The van der Waals surface area contributed by atoms with E-state index in [9.17, 15) is 0 Å². The number of nitrogens with two attached hydrogens (primary N) is 1. The molecule has 0 saturated carbocycles. The second-order valence-electron chi connectivity index (χ2n) is 6.40. The molecule has 0 aromatic rings. The average Bonchev–Trinajstić information content (AvgIpc) is 2.27. The van der Waals surface area contributed by atoms with Crippen molar-refractivity contribution in [2.45, 2.75) is 45.4 Å². The van der Waals surface area contributed by atoms with Crippen molar-refractivity contribution in [3.05, 3.63) is 0 Å². The number of ether oxygens (including phenoxy) is 1. The van der Waals surface area contributed by atoms with Crippen molar-refractivity contribution < 1.29 is 4.74 Å². The van der Waals surface area contributed by atoms with Gasteiger partial charge in [0, 0.05) is 44.8 Å². The van der Waals surface area contributed by atoms with Crippen LogP contribution in [0.4, 0.5) is 0 Å². The van der Waals surface area contributed by atoms with Gasteiger partial charge in [-0.2, -0.15) is 0 Å². The second-order valence-corrected chi connectivity index (χ2v) is 6.40. The van der Waals surface area contributed by atoms with Crippen LogP contribution < -0.4 is 5.73 Å². The van der Waals surface area contributed by atoms with Crippen LogP contribution >= 0.6 is 0 Å². The first-order valence-electron chi connectivity index (χ1n) is 7.38. The van der Waals surface area contributed by atoms with E-state index in [0.29, 0.717) is 18.2 Å². The maximum atomic E-state index is 6.10. The minimum Gasteiger partial charge on any atom is -0.374 e. The number of nitrogens with zero attached hydrogens (tertiary/aromatic N) is 2. The molecule has 2 aliphatic rings. The molecule has 3 atom stereocenters. The van der Waals surface area contributed by atoms with Crippen LogP contribution in [0, 0.1) is 5.92 Å². The summed E-state index contributed by atoms with van der Waals surface area (Å²) in [6, 6.07) is 0.970. The molecular formula is C14H29N3O. The van der Waals surface area contributed by atoms with Crippen molar-refractivity contribution in [1.29, 1.82) is 0 Å². The molecular weight excluding hydrogens is 226 g/mol. The molecule has 2 heterocycles. The van der Waals surface area contributed by atoms with E-state index in [4.69, 9.17) is 10.5 Å². The fourth-order valence-corrected chi connectivity index (χ4v) is 3.27. The Morgan fingerprint density at radius 1 is 1.28 bits per heavy atom. The van der Waals surface area contributed by atoms with E-state index in [-0.39, 0.29) is 0 Å². The van der Waals surface area contributed by atoms with E-state index in [1.165, 1.54) is 13.0 Å². The first-order chi connectivity index (χ1) is 8.54. The van der Waals surface area contributed by atoms with Gasteiger partial charge in [-0.15, -0.1) is 0 Å². The Morgan fingerprint density at radius 2 is 2.06 bits per heavy atom. The van der Waals surface area contributed by atoms with Gasteiger partial charge in [0.2, 0.25) is 0 Å². The van der Waals surface area contributed by atoms with E-state index >= 15 is 0 Å². The second kappa shape index (κ2) is 6.33. The van der Waals surface area contributed by atoms with E-state index in [0.717, 1.165) is 38.7 Å². The van der Waals surface area contributed by atoms with Crippen LogP contribution in [0.15, 0.2) is 0 Å². The molecule has 0 aliphatic carbocycles. The Balaban J connectivity index is 1.81. The summed E-state index contributed by atoms with van der Waals surface area (Å²) in [5.74, 6) is 0.721. The van der Waals surface area contributed by atoms with Gasteiger partial charge in [-0.1, -0.05) is 6.92 Å². The van der Waals surface area contributed by atoms with Gasteiger partial charge < -0.3 is 10.5 Å². The molecule has 106 valence electrons. The number of hydrogen-bond donors (Lipinski definition) is 1. The summed E-state index contributed by atoms with van der Waals surface area (Å²) in [7, 11) is 0. The van der Waals surface area contributed by atoms with Crippen LogP contribution in [0.5, 0.6) is 0 Å². The molecule has 0 bridgehead atoms. The van der Waals surface area contributed by atoms with Gasteiger partial charge in [-0.05, 0) is 26.2 Å². The highest BCUT2D eigenvalue weighted by Crippen LogP contribution is 2.17. The molecule has 4 nitrogen and oxygen atoms in total. The first kappa shape index (κ1) is 14.3. The highest BCUT2D eigenvalue weighted by molar-refractivity contribution is 4.83. The zero-order valence-electron chi connectivity index (χ0n) is 12.1. The standard InChI is InChI=1S/C14H29N3O/c1-11(2)17-4-5-18-14(10-17)9-16-7-12(3)6-13(15)8-16/h11-14H,4-10,15H2,1-3H3. The lowest BCUT2D eigenvalue weighted by Gasteiger charge is -2.40. The van der Waals surface area contributed by atoms with E-state index in [2.05, 4.69) is 30.6 Å². The summed E-state index contributed by atoms with van der Waals surface area (Å²) in [5, 5.41) is 0. The molecule has 0 aromatic heterocycles. The maximum absolute atomic E-state index is 6.10. The molecule has 2 rings (SSSR count). The Bertz CT molecular complexity index is 249. The first-order valence-corrected chi connectivity index (χ1v) is 7.38. The van der Waals surface area contributed by atoms with Gasteiger partial charge in [-0.3, -0.25) is 9.80 Å². The van der Waals surface area contributed by atoms with Crippen LogP contribution in [0.25, 0.3) is 0 Å². The van der Waals surface area contributed by atoms with Crippen LogP contribution in [-0.2, 0) is 4.74 Å². The van der Waals surface area contributed by atoms with Gasteiger partial charge in [-0.25, -0.2) is 0 Å². The third-order valence-corrected chi connectivity index (χ3v) is 4.13. The zero-order valence-corrected chi connectivity index (χ0v) is 12.1. The molecule has 4 heteroatoms. The number of morpholine rings is 1. The summed E-state index contributed by atoms with van der Waals surface area (Å²) < 4.78 is 5.91. The third-order valence-electron chi connectivity index (χ3n) is 4.13. The minimum atomic E-state index is 0.346. The summed E-state index contributed by atoms with van der Waals surface area (Å²) >= 11 is 0. The highest BCUT2D eigenvalue weighted by Gasteiger charge is 2.27. The Morgan fingerprint density at radius 3 is 2.72 bits per heavy atom. The maximum Gasteiger partial charge on any atom is 0.0829 e. The average molecular weight is 255 g/mol. The fraction of sp³-hybridized carbons (Fsp3) is 1.00. The number of piperidine rings is 1. The van der Waals surface area contributed by atoms with Crippen molar-refractivity contribution in [3.63, 3.8) is 0 Å². The van der Waals surface area contributed by atoms with E-state index < -0.39 is 0 Å². The summed E-state index contributed by atoms with van der Waals surface area (Å²) in [6.07, 6.45) is 1.53. The van der Waals surface area contributed by atoms with Crippen molar-refractivity contribution in [2.75, 3.05) is 39.3 Å². The predicted octanol–water partition coefficient (Wildman–Crippen LogP) is 0.765. The summed E-state index contributed by atoms with van der Waals surface area (Å²) in [6.45, 7) is 13.1. The van der Waals surface area contributed by atoms with Gasteiger partial charge in [0.1, 0.15) is 0 Å². The van der Waals surface area contributed by atoms with Crippen LogP contribution in [0.3, 0.4) is 0 Å². The molecule has 2 fully saturated rings. The van der Waals surface area contributed by atoms with Crippen molar-refractivity contribution in [1.82, 2.24) is 9.80 Å². The molecule has 0 aromatic carbocycles. The lowest BCUT2D eigenvalue weighted by Crippen LogP contribution is -2.53. The number of hydrogen-bond acceptors (Lipinski definition) is 4. The third kappa shape index (κ3) is 3.92. The smallest absolute Gasteiger partial charge is 0.0829 e. The quantitative estimate of drug-likeness (QED) is 0.808. The molecule has 3 unspecified atom stereocenters. The molecule has 2 saturated heterocycles. The van der Waals surface area contributed by atoms with E-state index in [1.807, 2.05) is 0 Å². The Kier molecular flexibility index (Phi) is 5.01. The molecule has 18 heavy (non-hydrogen) atoms. The molecule has 0 amide bonds. The molecule has 2 N–H and O–H groups in total. The van der Waals surface area contributed by atoms with Gasteiger partial charge >= 0.3 is 0 Å². The summed E-state index contributed by atoms with van der Waals surface area (Å²) in [5.41, 5.74) is 6.10. The SMILES string of the molecule is CC1CC(N)CN(CC2CN(C(C)C)CCO2)C1. The normalized spacial score (nSPS) is 36.2. The fourth-order valence-electron chi connectivity index (χ4n) is 3.27. The largest absolute Gasteiger partial charge is 0.374 e. The summed E-state index contributed by atoms with van der Waals surface area (Å²) in [4.78, 5) is 5.01. The van der Waals surface area contributed by atoms with Crippen LogP contribution in [0.1, 0.15) is 27.2 Å². The van der Waals surface area contributed by atoms with Crippen LogP contribution in [-0.4, -0.2) is 67.3 Å². The van der Waals surface area contributed by atoms with Crippen molar-refractivity contribution in [3.8, 4) is 0 Å². The minimum absolute atomic E-state index is 0.346. The number of rotatable bonds is 3. The Labute approximate surface area is 111 Å². The molecule has 2 aliphatic heterocycles. The topological polar surface area (TPSA) is 41.7 Å². The van der Waals surface area contributed by atoms with Gasteiger partial charge in [0.15, 0.2) is 0 Å². The monoisotopic (exact) mass is 255 g/mol. The Hall–Kier alpha value is -0.160. The predicted molar refractivity (Wildman–Crippen MR) is 74.6 cm³/mol. The molecule has 0 radical (unpaired) electrons. The van der Waals surface area contributed by atoms with Crippen LogP contribution in [0.2, 0.25) is 0 Å². The van der Waals surface area contributed by atoms with E-state index in [1.54, 1.807) is 0 Å². The van der Waals surface area contributed by atoms with Crippen molar-refractivity contribution >= 4 is 0 Å².